The van der Waals surface area contributed by atoms with E-state index >= 15 is 0 Å². The molecule has 1 atom stereocenters. The van der Waals surface area contributed by atoms with Gasteiger partial charge in [-0.3, -0.25) is 4.79 Å². The van der Waals surface area contributed by atoms with Crippen LogP contribution in [-0.4, -0.2) is 61.3 Å². The van der Waals surface area contributed by atoms with Crippen LogP contribution in [0.1, 0.15) is 38.5 Å². The third kappa shape index (κ3) is 3.92. The zero-order valence-electron chi connectivity index (χ0n) is 15.4. The zero-order chi connectivity index (χ0) is 17.8. The van der Waals surface area contributed by atoms with E-state index in [9.17, 15) is 4.79 Å². The first-order valence-electron chi connectivity index (χ1n) is 10.0. The van der Waals surface area contributed by atoms with Gasteiger partial charge in [0.25, 0.3) is 0 Å². The van der Waals surface area contributed by atoms with Crippen molar-refractivity contribution in [1.29, 1.82) is 0 Å². The van der Waals surface area contributed by atoms with Gasteiger partial charge in [0.15, 0.2) is 5.82 Å². The number of piperidine rings is 1. The second-order valence-electron chi connectivity index (χ2n) is 7.57. The number of rotatable bonds is 5. The average Bonchev–Trinajstić information content (AvgIpc) is 3.40. The standard InChI is InChI=1S/C19H29N5O2/c25-19(21-12-16-4-3-11-26-16)15-5-9-23(10-6-15)17-13-20-14-22-18(17)24-7-1-2-8-24/h13-16H,1-12H2,(H,21,25)/t16-/m1/s1. The minimum absolute atomic E-state index is 0.104. The molecule has 3 aliphatic heterocycles. The Morgan fingerprint density at radius 2 is 1.92 bits per heavy atom. The number of carbonyl (C=O) groups excluding carboxylic acids is 1. The van der Waals surface area contributed by atoms with Gasteiger partial charge in [-0.25, -0.2) is 9.97 Å². The summed E-state index contributed by atoms with van der Waals surface area (Å²) in [4.78, 5) is 25.9. The minimum atomic E-state index is 0.104. The predicted molar refractivity (Wildman–Crippen MR) is 100 cm³/mol. The van der Waals surface area contributed by atoms with E-state index in [1.165, 1.54) is 12.8 Å². The molecule has 0 radical (unpaired) electrons. The smallest absolute Gasteiger partial charge is 0.223 e. The van der Waals surface area contributed by atoms with Crippen molar-refractivity contribution in [1.82, 2.24) is 15.3 Å². The normalized spacial score (nSPS) is 24.2. The SMILES string of the molecule is O=C(NC[C@H]1CCCO1)C1CCN(c2cncnc2N2CCCC2)CC1. The number of amides is 1. The van der Waals surface area contributed by atoms with Gasteiger partial charge in [0.1, 0.15) is 6.33 Å². The van der Waals surface area contributed by atoms with Gasteiger partial charge in [-0.2, -0.15) is 0 Å². The van der Waals surface area contributed by atoms with Crippen LogP contribution in [0.5, 0.6) is 0 Å². The quantitative estimate of drug-likeness (QED) is 0.861. The fourth-order valence-corrected chi connectivity index (χ4v) is 4.26. The first-order valence-corrected chi connectivity index (χ1v) is 10.0. The zero-order valence-corrected chi connectivity index (χ0v) is 15.4. The number of hydrogen-bond acceptors (Lipinski definition) is 6. The van der Waals surface area contributed by atoms with Crippen molar-refractivity contribution in [3.8, 4) is 0 Å². The maximum absolute atomic E-state index is 12.5. The summed E-state index contributed by atoms with van der Waals surface area (Å²) in [7, 11) is 0. The molecule has 1 aromatic heterocycles. The molecule has 7 nitrogen and oxygen atoms in total. The van der Waals surface area contributed by atoms with Crippen LogP contribution >= 0.6 is 0 Å². The highest BCUT2D eigenvalue weighted by Gasteiger charge is 2.28. The van der Waals surface area contributed by atoms with Gasteiger partial charge in [0, 0.05) is 45.2 Å². The van der Waals surface area contributed by atoms with Gasteiger partial charge in [-0.1, -0.05) is 0 Å². The molecule has 0 spiro atoms. The molecule has 1 N–H and O–H groups in total. The Labute approximate surface area is 155 Å². The molecule has 3 saturated heterocycles. The van der Waals surface area contributed by atoms with Crippen LogP contribution in [0.15, 0.2) is 12.5 Å². The van der Waals surface area contributed by atoms with Crippen molar-refractivity contribution in [3.05, 3.63) is 12.5 Å². The van der Waals surface area contributed by atoms with Crippen LogP contribution in [0.2, 0.25) is 0 Å². The van der Waals surface area contributed by atoms with Gasteiger partial charge in [-0.05, 0) is 38.5 Å². The van der Waals surface area contributed by atoms with Crippen molar-refractivity contribution in [3.63, 3.8) is 0 Å². The maximum Gasteiger partial charge on any atom is 0.223 e. The Bertz CT molecular complexity index is 606. The van der Waals surface area contributed by atoms with E-state index in [-0.39, 0.29) is 17.9 Å². The van der Waals surface area contributed by atoms with Crippen molar-refractivity contribution in [2.75, 3.05) is 49.1 Å². The van der Waals surface area contributed by atoms with Crippen molar-refractivity contribution < 1.29 is 9.53 Å². The molecule has 4 rings (SSSR count). The third-order valence-electron chi connectivity index (χ3n) is 5.81. The van der Waals surface area contributed by atoms with Crippen molar-refractivity contribution >= 4 is 17.4 Å². The number of aromatic nitrogens is 2. The lowest BCUT2D eigenvalue weighted by atomic mass is 9.95. The summed E-state index contributed by atoms with van der Waals surface area (Å²) in [6.07, 6.45) is 10.2. The fourth-order valence-electron chi connectivity index (χ4n) is 4.26. The Kier molecular flexibility index (Phi) is 5.53. The Hall–Kier alpha value is -1.89. The lowest BCUT2D eigenvalue weighted by Crippen LogP contribution is -2.42. The number of ether oxygens (including phenoxy) is 1. The molecule has 1 aromatic rings. The summed E-state index contributed by atoms with van der Waals surface area (Å²) >= 11 is 0. The van der Waals surface area contributed by atoms with Crippen molar-refractivity contribution in [2.45, 2.75) is 44.6 Å². The Morgan fingerprint density at radius 1 is 1.12 bits per heavy atom. The second-order valence-corrected chi connectivity index (χ2v) is 7.57. The second kappa shape index (κ2) is 8.20. The molecule has 1 amide bonds. The van der Waals surface area contributed by atoms with Crippen LogP contribution in [-0.2, 0) is 9.53 Å². The van der Waals surface area contributed by atoms with Gasteiger partial charge in [-0.15, -0.1) is 0 Å². The van der Waals surface area contributed by atoms with Gasteiger partial charge in [0.2, 0.25) is 5.91 Å². The monoisotopic (exact) mass is 359 g/mol. The molecule has 3 aliphatic rings. The number of nitrogens with one attached hydrogen (secondary N) is 1. The maximum atomic E-state index is 12.5. The van der Waals surface area contributed by atoms with Crippen LogP contribution in [0, 0.1) is 5.92 Å². The fraction of sp³-hybridized carbons (Fsp3) is 0.737. The highest BCUT2D eigenvalue weighted by Crippen LogP contribution is 2.31. The number of anilines is 2. The van der Waals surface area contributed by atoms with E-state index in [4.69, 9.17) is 4.74 Å². The average molecular weight is 359 g/mol. The van der Waals surface area contributed by atoms with E-state index in [0.29, 0.717) is 6.54 Å². The van der Waals surface area contributed by atoms with Crippen molar-refractivity contribution in [2.24, 2.45) is 5.92 Å². The Morgan fingerprint density at radius 3 is 2.65 bits per heavy atom. The molecule has 4 heterocycles. The van der Waals surface area contributed by atoms with Crippen LogP contribution in [0.4, 0.5) is 11.5 Å². The summed E-state index contributed by atoms with van der Waals surface area (Å²) < 4.78 is 5.59. The van der Waals surface area contributed by atoms with E-state index in [1.807, 2.05) is 6.20 Å². The molecular weight excluding hydrogens is 330 g/mol. The first-order chi connectivity index (χ1) is 12.8. The molecular formula is C19H29N5O2. The highest BCUT2D eigenvalue weighted by atomic mass is 16.5. The molecule has 0 aliphatic carbocycles. The van der Waals surface area contributed by atoms with E-state index in [1.54, 1.807) is 6.33 Å². The van der Waals surface area contributed by atoms with Crippen LogP contribution in [0.3, 0.4) is 0 Å². The molecule has 3 fully saturated rings. The molecule has 7 heteroatoms. The number of hydrogen-bond donors (Lipinski definition) is 1. The summed E-state index contributed by atoms with van der Waals surface area (Å²) in [5, 5.41) is 3.09. The molecule has 0 saturated carbocycles. The largest absolute Gasteiger partial charge is 0.376 e. The number of carbonyl (C=O) groups is 1. The van der Waals surface area contributed by atoms with E-state index < -0.39 is 0 Å². The summed E-state index contributed by atoms with van der Waals surface area (Å²) in [5.74, 6) is 1.34. The topological polar surface area (TPSA) is 70.6 Å². The lowest BCUT2D eigenvalue weighted by Gasteiger charge is -2.34. The molecule has 0 unspecified atom stereocenters. The number of nitrogens with zero attached hydrogens (tertiary/aromatic N) is 4. The molecule has 0 aromatic carbocycles. The van der Waals surface area contributed by atoms with E-state index in [2.05, 4.69) is 25.1 Å². The van der Waals surface area contributed by atoms with Gasteiger partial charge < -0.3 is 19.9 Å². The van der Waals surface area contributed by atoms with Gasteiger partial charge >= 0.3 is 0 Å². The predicted octanol–water partition coefficient (Wildman–Crippen LogP) is 1.59. The third-order valence-corrected chi connectivity index (χ3v) is 5.81. The lowest BCUT2D eigenvalue weighted by molar-refractivity contribution is -0.126. The van der Waals surface area contributed by atoms with Crippen LogP contribution in [0.25, 0.3) is 0 Å². The van der Waals surface area contributed by atoms with E-state index in [0.717, 1.165) is 70.0 Å². The molecule has 142 valence electrons. The minimum Gasteiger partial charge on any atom is -0.376 e. The Balaban J connectivity index is 1.31. The summed E-state index contributed by atoms with van der Waals surface area (Å²) in [5.41, 5.74) is 1.12. The van der Waals surface area contributed by atoms with Gasteiger partial charge in [0.05, 0.1) is 18.0 Å². The summed E-state index contributed by atoms with van der Waals surface area (Å²) in [6.45, 7) is 5.40. The highest BCUT2D eigenvalue weighted by molar-refractivity contribution is 5.79. The molecule has 26 heavy (non-hydrogen) atoms. The molecule has 0 bridgehead atoms. The first kappa shape index (κ1) is 17.5. The summed E-state index contributed by atoms with van der Waals surface area (Å²) in [6, 6.07) is 0. The van der Waals surface area contributed by atoms with Crippen LogP contribution < -0.4 is 15.1 Å².